The molecule has 1 atom stereocenters. The Morgan fingerprint density at radius 1 is 1.53 bits per heavy atom. The van der Waals surface area contributed by atoms with Gasteiger partial charge in [0.05, 0.1) is 6.20 Å². The summed E-state index contributed by atoms with van der Waals surface area (Å²) in [6.07, 6.45) is 2.25. The Kier molecular flexibility index (Phi) is 5.25. The minimum atomic E-state index is -0.310. The molecule has 19 heavy (non-hydrogen) atoms. The van der Waals surface area contributed by atoms with Crippen LogP contribution in [0.15, 0.2) is 23.7 Å². The van der Waals surface area contributed by atoms with Crippen LogP contribution in [0.2, 0.25) is 0 Å². The number of aromatic nitrogens is 2. The molecule has 1 unspecified atom stereocenters. The number of rotatable bonds is 6. The van der Waals surface area contributed by atoms with Gasteiger partial charge < -0.3 is 10.4 Å². The minimum absolute atomic E-state index is 0.0176. The minimum Gasteiger partial charge on any atom is -0.396 e. The van der Waals surface area contributed by atoms with Gasteiger partial charge in [0, 0.05) is 35.5 Å². The van der Waals surface area contributed by atoms with E-state index in [-0.39, 0.29) is 18.6 Å². The van der Waals surface area contributed by atoms with E-state index in [1.54, 1.807) is 11.3 Å². The fourth-order valence-corrected chi connectivity index (χ4v) is 2.77. The summed E-state index contributed by atoms with van der Waals surface area (Å²) < 4.78 is 3.65. The first-order valence-electron chi connectivity index (χ1n) is 5.73. The van der Waals surface area contributed by atoms with E-state index >= 15 is 0 Å². The SMILES string of the molecule is O=C(NCC(CO)Cc1cccs1)Nc1cnns1. The quantitative estimate of drug-likeness (QED) is 0.755. The summed E-state index contributed by atoms with van der Waals surface area (Å²) in [4.78, 5) is 12.8. The van der Waals surface area contributed by atoms with Crippen LogP contribution in [-0.4, -0.2) is 33.9 Å². The highest BCUT2D eigenvalue weighted by Crippen LogP contribution is 2.14. The van der Waals surface area contributed by atoms with Crippen LogP contribution in [0.4, 0.5) is 9.80 Å². The number of carbonyl (C=O) groups is 1. The maximum absolute atomic E-state index is 11.6. The normalized spacial score (nSPS) is 12.1. The lowest BCUT2D eigenvalue weighted by molar-refractivity contribution is 0.218. The molecule has 2 aromatic rings. The summed E-state index contributed by atoms with van der Waals surface area (Å²) in [5.74, 6) is 0.0176. The molecule has 0 aliphatic heterocycles. The van der Waals surface area contributed by atoms with Crippen molar-refractivity contribution >= 4 is 33.9 Å². The third-order valence-corrected chi connectivity index (χ3v) is 3.96. The summed E-state index contributed by atoms with van der Waals surface area (Å²) in [5.41, 5.74) is 0. The lowest BCUT2D eigenvalue weighted by Crippen LogP contribution is -2.34. The summed E-state index contributed by atoms with van der Waals surface area (Å²) in [7, 11) is 0. The molecule has 3 N–H and O–H groups in total. The zero-order valence-electron chi connectivity index (χ0n) is 10.1. The predicted octanol–water partition coefficient (Wildman–Crippen LogP) is 1.57. The van der Waals surface area contributed by atoms with E-state index in [4.69, 9.17) is 0 Å². The van der Waals surface area contributed by atoms with Gasteiger partial charge >= 0.3 is 6.03 Å². The lowest BCUT2D eigenvalue weighted by atomic mass is 10.1. The van der Waals surface area contributed by atoms with Gasteiger partial charge in [-0.2, -0.15) is 0 Å². The first-order valence-corrected chi connectivity index (χ1v) is 7.38. The molecule has 2 rings (SSSR count). The number of hydrogen-bond acceptors (Lipinski definition) is 6. The number of amides is 2. The highest BCUT2D eigenvalue weighted by Gasteiger charge is 2.11. The van der Waals surface area contributed by atoms with Gasteiger partial charge in [0.15, 0.2) is 0 Å². The second kappa shape index (κ2) is 7.17. The van der Waals surface area contributed by atoms with Crippen LogP contribution in [0.25, 0.3) is 0 Å². The molecule has 0 saturated heterocycles. The van der Waals surface area contributed by atoms with Crippen molar-refractivity contribution in [2.24, 2.45) is 5.92 Å². The topological polar surface area (TPSA) is 87.1 Å². The average molecular weight is 298 g/mol. The maximum atomic E-state index is 11.6. The van der Waals surface area contributed by atoms with E-state index in [0.29, 0.717) is 11.5 Å². The Morgan fingerprint density at radius 2 is 2.42 bits per heavy atom. The zero-order chi connectivity index (χ0) is 13.5. The molecule has 0 aromatic carbocycles. The fourth-order valence-electron chi connectivity index (χ4n) is 1.53. The Morgan fingerprint density at radius 3 is 3.05 bits per heavy atom. The standard InChI is InChI=1S/C11H14N4O2S2/c16-7-8(4-9-2-1-3-18-9)5-12-11(17)14-10-6-13-15-19-10/h1-3,6,8,16H,4-5,7H2,(H2,12,14,17). The third-order valence-electron chi connectivity index (χ3n) is 2.48. The molecule has 0 aliphatic rings. The molecule has 2 aromatic heterocycles. The first kappa shape index (κ1) is 13.9. The summed E-state index contributed by atoms with van der Waals surface area (Å²) in [6, 6.07) is 3.69. The lowest BCUT2D eigenvalue weighted by Gasteiger charge is -2.14. The Bertz CT molecular complexity index is 487. The summed E-state index contributed by atoms with van der Waals surface area (Å²) in [5, 5.41) is 20.9. The molecular formula is C11H14N4O2S2. The van der Waals surface area contributed by atoms with E-state index < -0.39 is 0 Å². The number of aliphatic hydroxyl groups is 1. The van der Waals surface area contributed by atoms with Gasteiger partial charge in [0.1, 0.15) is 5.00 Å². The number of urea groups is 1. The Labute approximate surface area is 118 Å². The Hall–Kier alpha value is -1.51. The van der Waals surface area contributed by atoms with Gasteiger partial charge in [0.25, 0.3) is 0 Å². The van der Waals surface area contributed by atoms with Crippen LogP contribution in [-0.2, 0) is 6.42 Å². The van der Waals surface area contributed by atoms with Gasteiger partial charge in [-0.1, -0.05) is 10.6 Å². The second-order valence-electron chi connectivity index (χ2n) is 3.95. The number of carbonyl (C=O) groups excluding carboxylic acids is 1. The summed E-state index contributed by atoms with van der Waals surface area (Å²) >= 11 is 2.76. The number of nitrogens with one attached hydrogen (secondary N) is 2. The molecule has 2 amide bonds. The van der Waals surface area contributed by atoms with Crippen LogP contribution in [0, 0.1) is 5.92 Å². The van der Waals surface area contributed by atoms with E-state index in [1.165, 1.54) is 11.1 Å². The number of thiophene rings is 1. The van der Waals surface area contributed by atoms with Crippen LogP contribution in [0.3, 0.4) is 0 Å². The van der Waals surface area contributed by atoms with Crippen molar-refractivity contribution in [1.29, 1.82) is 0 Å². The molecule has 6 nitrogen and oxygen atoms in total. The van der Waals surface area contributed by atoms with E-state index in [0.717, 1.165) is 18.0 Å². The zero-order valence-corrected chi connectivity index (χ0v) is 11.7. The second-order valence-corrected chi connectivity index (χ2v) is 5.77. The largest absolute Gasteiger partial charge is 0.396 e. The predicted molar refractivity (Wildman–Crippen MR) is 75.5 cm³/mol. The van der Waals surface area contributed by atoms with Crippen molar-refractivity contribution in [3.63, 3.8) is 0 Å². The van der Waals surface area contributed by atoms with E-state index in [1.807, 2.05) is 17.5 Å². The molecule has 0 radical (unpaired) electrons. The molecule has 2 heterocycles. The number of nitrogens with zero attached hydrogens (tertiary/aromatic N) is 2. The smallest absolute Gasteiger partial charge is 0.319 e. The maximum Gasteiger partial charge on any atom is 0.319 e. The van der Waals surface area contributed by atoms with E-state index in [2.05, 4.69) is 20.2 Å². The molecule has 0 bridgehead atoms. The van der Waals surface area contributed by atoms with E-state index in [9.17, 15) is 9.90 Å². The van der Waals surface area contributed by atoms with Gasteiger partial charge in [-0.15, -0.1) is 16.4 Å². The molecule has 102 valence electrons. The Balaban J connectivity index is 1.74. The molecule has 0 fully saturated rings. The van der Waals surface area contributed by atoms with Crippen molar-refractivity contribution in [2.45, 2.75) is 6.42 Å². The highest BCUT2D eigenvalue weighted by molar-refractivity contribution is 7.10. The number of anilines is 1. The molecule has 0 saturated carbocycles. The number of hydrogen-bond donors (Lipinski definition) is 3. The van der Waals surface area contributed by atoms with Crippen LogP contribution in [0.5, 0.6) is 0 Å². The molecule has 0 aliphatic carbocycles. The molecule has 8 heteroatoms. The number of aliphatic hydroxyl groups excluding tert-OH is 1. The van der Waals surface area contributed by atoms with Crippen molar-refractivity contribution in [1.82, 2.24) is 14.9 Å². The molecular weight excluding hydrogens is 284 g/mol. The van der Waals surface area contributed by atoms with Crippen molar-refractivity contribution in [3.8, 4) is 0 Å². The van der Waals surface area contributed by atoms with Crippen LogP contribution in [0.1, 0.15) is 4.88 Å². The van der Waals surface area contributed by atoms with Crippen molar-refractivity contribution < 1.29 is 9.90 Å². The van der Waals surface area contributed by atoms with Gasteiger partial charge in [-0.3, -0.25) is 5.32 Å². The first-order chi connectivity index (χ1) is 9.28. The third kappa shape index (κ3) is 4.58. The monoisotopic (exact) mass is 298 g/mol. The van der Waals surface area contributed by atoms with Gasteiger partial charge in [-0.25, -0.2) is 4.79 Å². The average Bonchev–Trinajstić information content (AvgIpc) is 3.07. The summed E-state index contributed by atoms with van der Waals surface area (Å²) in [6.45, 7) is 0.465. The van der Waals surface area contributed by atoms with Crippen LogP contribution < -0.4 is 10.6 Å². The van der Waals surface area contributed by atoms with Crippen molar-refractivity contribution in [2.75, 3.05) is 18.5 Å². The highest BCUT2D eigenvalue weighted by atomic mass is 32.1. The van der Waals surface area contributed by atoms with Crippen molar-refractivity contribution in [3.05, 3.63) is 28.6 Å². The fraction of sp³-hybridized carbons (Fsp3) is 0.364. The van der Waals surface area contributed by atoms with Crippen LogP contribution >= 0.6 is 22.9 Å². The van der Waals surface area contributed by atoms with Gasteiger partial charge in [0.2, 0.25) is 0 Å². The molecule has 0 spiro atoms. The van der Waals surface area contributed by atoms with Gasteiger partial charge in [-0.05, 0) is 17.9 Å².